The van der Waals surface area contributed by atoms with E-state index in [2.05, 4.69) is 41.4 Å². The molecule has 2 aromatic carbocycles. The van der Waals surface area contributed by atoms with E-state index in [9.17, 15) is 9.59 Å². The largest absolute Gasteiger partial charge is 0.497 e. The molecule has 180 valence electrons. The minimum Gasteiger partial charge on any atom is -0.497 e. The summed E-state index contributed by atoms with van der Waals surface area (Å²) < 4.78 is 16.2. The van der Waals surface area contributed by atoms with Crippen LogP contribution in [0.3, 0.4) is 0 Å². The van der Waals surface area contributed by atoms with E-state index in [1.165, 1.54) is 11.1 Å². The molecule has 1 aliphatic rings. The Morgan fingerprint density at radius 3 is 2.68 bits per heavy atom. The Bertz CT molecular complexity index is 1210. The fourth-order valence-corrected chi connectivity index (χ4v) is 4.55. The van der Waals surface area contributed by atoms with Gasteiger partial charge in [0.05, 0.1) is 26.4 Å². The predicted octanol–water partition coefficient (Wildman–Crippen LogP) is 3.54. The molecule has 0 aliphatic carbocycles. The Labute approximate surface area is 199 Å². The van der Waals surface area contributed by atoms with Gasteiger partial charge in [-0.3, -0.25) is 9.69 Å². The molecule has 0 saturated carbocycles. The van der Waals surface area contributed by atoms with Crippen LogP contribution in [0.4, 0.5) is 0 Å². The quantitative estimate of drug-likeness (QED) is 0.514. The molecule has 1 N–H and O–H groups in total. The van der Waals surface area contributed by atoms with Crippen molar-refractivity contribution in [3.05, 3.63) is 75.1 Å². The highest BCUT2D eigenvalue weighted by Crippen LogP contribution is 2.25. The number of nitrogens with zero attached hydrogens (tertiary/aromatic N) is 1. The lowest BCUT2D eigenvalue weighted by molar-refractivity contribution is -0.121. The highest BCUT2D eigenvalue weighted by Gasteiger charge is 2.23. The van der Waals surface area contributed by atoms with Gasteiger partial charge in [0.15, 0.2) is 0 Å². The number of carbonyl (C=O) groups excluding carboxylic acids is 1. The minimum atomic E-state index is -0.406. The number of morpholine rings is 1. The van der Waals surface area contributed by atoms with Gasteiger partial charge in [-0.25, -0.2) is 4.79 Å². The lowest BCUT2D eigenvalue weighted by Crippen LogP contribution is -2.43. The van der Waals surface area contributed by atoms with Crippen molar-refractivity contribution in [2.45, 2.75) is 32.7 Å². The Morgan fingerprint density at radius 2 is 1.94 bits per heavy atom. The molecule has 0 bridgehead atoms. The third-order valence-electron chi connectivity index (χ3n) is 6.50. The van der Waals surface area contributed by atoms with E-state index in [1.54, 1.807) is 13.2 Å². The summed E-state index contributed by atoms with van der Waals surface area (Å²) >= 11 is 0. The van der Waals surface area contributed by atoms with Crippen molar-refractivity contribution < 1.29 is 18.7 Å². The van der Waals surface area contributed by atoms with Crippen LogP contribution >= 0.6 is 0 Å². The Hall–Kier alpha value is -3.16. The van der Waals surface area contributed by atoms with Crippen LogP contribution in [-0.2, 0) is 16.0 Å². The van der Waals surface area contributed by atoms with Gasteiger partial charge in [0.25, 0.3) is 0 Å². The van der Waals surface area contributed by atoms with Crippen LogP contribution in [0, 0.1) is 13.8 Å². The molecule has 2 heterocycles. The van der Waals surface area contributed by atoms with Crippen LogP contribution in [0.5, 0.6) is 5.75 Å². The molecule has 3 aromatic rings. The van der Waals surface area contributed by atoms with Gasteiger partial charge in [-0.15, -0.1) is 0 Å². The Kier molecular flexibility index (Phi) is 7.65. The van der Waals surface area contributed by atoms with Gasteiger partial charge in [-0.05, 0) is 43.5 Å². The molecule has 0 radical (unpaired) electrons. The van der Waals surface area contributed by atoms with Crippen molar-refractivity contribution in [1.29, 1.82) is 0 Å². The normalized spacial score (nSPS) is 15.3. The number of ether oxygens (including phenoxy) is 2. The molecule has 1 fully saturated rings. The summed E-state index contributed by atoms with van der Waals surface area (Å²) in [5.74, 6) is 0.546. The number of hydrogen-bond acceptors (Lipinski definition) is 6. The van der Waals surface area contributed by atoms with E-state index >= 15 is 0 Å². The van der Waals surface area contributed by atoms with E-state index in [1.807, 2.05) is 19.1 Å². The third-order valence-corrected chi connectivity index (χ3v) is 6.50. The number of rotatable bonds is 8. The molecule has 34 heavy (non-hydrogen) atoms. The van der Waals surface area contributed by atoms with Crippen LogP contribution < -0.4 is 15.7 Å². The fraction of sp³-hybridized carbons (Fsp3) is 0.407. The average Bonchev–Trinajstić information content (AvgIpc) is 2.84. The number of carbonyl (C=O) groups is 1. The number of aryl methyl sites for hydroxylation is 2. The zero-order valence-electron chi connectivity index (χ0n) is 20.1. The van der Waals surface area contributed by atoms with Gasteiger partial charge >= 0.3 is 5.63 Å². The summed E-state index contributed by atoms with van der Waals surface area (Å²) in [6, 6.07) is 13.9. The fourth-order valence-electron chi connectivity index (χ4n) is 4.55. The van der Waals surface area contributed by atoms with Gasteiger partial charge < -0.3 is 19.2 Å². The molecule has 1 aliphatic heterocycles. The topological polar surface area (TPSA) is 81.0 Å². The van der Waals surface area contributed by atoms with Crippen molar-refractivity contribution in [2.75, 3.05) is 40.0 Å². The summed E-state index contributed by atoms with van der Waals surface area (Å²) in [7, 11) is 1.57. The van der Waals surface area contributed by atoms with Gasteiger partial charge in [0.1, 0.15) is 11.3 Å². The highest BCUT2D eigenvalue weighted by molar-refractivity contribution is 5.82. The minimum absolute atomic E-state index is 0.0789. The third kappa shape index (κ3) is 5.48. The molecule has 1 aromatic heterocycles. The molecule has 7 heteroatoms. The van der Waals surface area contributed by atoms with E-state index in [4.69, 9.17) is 13.9 Å². The molecule has 0 spiro atoms. The van der Waals surface area contributed by atoms with Crippen LogP contribution in [0.25, 0.3) is 11.0 Å². The van der Waals surface area contributed by atoms with Gasteiger partial charge in [0, 0.05) is 43.1 Å². The van der Waals surface area contributed by atoms with Gasteiger partial charge in [0.2, 0.25) is 5.91 Å². The molecule has 1 unspecified atom stereocenters. The second-order valence-corrected chi connectivity index (χ2v) is 8.74. The van der Waals surface area contributed by atoms with Crippen LogP contribution in [0.2, 0.25) is 0 Å². The first kappa shape index (κ1) is 24.0. The summed E-state index contributed by atoms with van der Waals surface area (Å²) in [6.45, 7) is 7.52. The number of nitrogens with one attached hydrogen (secondary N) is 1. The molecule has 4 rings (SSSR count). The summed E-state index contributed by atoms with van der Waals surface area (Å²) in [5.41, 5.74) is 3.84. The van der Waals surface area contributed by atoms with Gasteiger partial charge in [-0.2, -0.15) is 0 Å². The first-order valence-electron chi connectivity index (χ1n) is 11.7. The predicted molar refractivity (Wildman–Crippen MR) is 131 cm³/mol. The monoisotopic (exact) mass is 464 g/mol. The molecule has 1 amide bonds. The van der Waals surface area contributed by atoms with Crippen molar-refractivity contribution in [3.8, 4) is 5.75 Å². The number of amides is 1. The summed E-state index contributed by atoms with van der Waals surface area (Å²) in [5, 5.41) is 3.94. The van der Waals surface area contributed by atoms with Gasteiger partial charge in [-0.1, -0.05) is 29.8 Å². The average molecular weight is 465 g/mol. The SMILES string of the molecule is COc1ccc2c(C)c(CCC(=O)NCC(c3cccc(C)c3)N3CCOCC3)c(=O)oc2c1. The molecule has 1 saturated heterocycles. The second kappa shape index (κ2) is 10.8. The molecular weight excluding hydrogens is 432 g/mol. The maximum atomic E-state index is 12.8. The van der Waals surface area contributed by atoms with Crippen molar-refractivity contribution in [3.63, 3.8) is 0 Å². The first-order chi connectivity index (χ1) is 16.5. The number of fused-ring (bicyclic) bond motifs is 1. The smallest absolute Gasteiger partial charge is 0.339 e. The lowest BCUT2D eigenvalue weighted by atomic mass is 10.0. The van der Waals surface area contributed by atoms with Crippen LogP contribution in [0.15, 0.2) is 51.7 Å². The van der Waals surface area contributed by atoms with Crippen molar-refractivity contribution in [1.82, 2.24) is 10.2 Å². The standard InChI is InChI=1S/C27H32N2O5/c1-18-5-4-6-20(15-18)24(29-11-13-33-14-12-29)17-28-26(30)10-9-23-19(2)22-8-7-21(32-3)16-25(22)34-27(23)31/h4-8,15-16,24H,9-14,17H2,1-3H3,(H,28,30). The van der Waals surface area contributed by atoms with E-state index in [0.717, 1.165) is 24.0 Å². The zero-order valence-corrected chi connectivity index (χ0v) is 20.1. The van der Waals surface area contributed by atoms with E-state index in [-0.39, 0.29) is 18.4 Å². The number of methoxy groups -OCH3 is 1. The maximum Gasteiger partial charge on any atom is 0.339 e. The summed E-state index contributed by atoms with van der Waals surface area (Å²) in [6.07, 6.45) is 0.547. The summed E-state index contributed by atoms with van der Waals surface area (Å²) in [4.78, 5) is 27.7. The maximum absolute atomic E-state index is 12.8. The second-order valence-electron chi connectivity index (χ2n) is 8.74. The molecular formula is C27H32N2O5. The molecule has 1 atom stereocenters. The number of hydrogen-bond donors (Lipinski definition) is 1. The number of benzene rings is 2. The lowest BCUT2D eigenvalue weighted by Gasteiger charge is -2.35. The van der Waals surface area contributed by atoms with E-state index in [0.29, 0.717) is 43.1 Å². The van der Waals surface area contributed by atoms with Crippen molar-refractivity contribution >= 4 is 16.9 Å². The van der Waals surface area contributed by atoms with Crippen molar-refractivity contribution in [2.24, 2.45) is 0 Å². The Morgan fingerprint density at radius 1 is 1.15 bits per heavy atom. The van der Waals surface area contributed by atoms with Crippen LogP contribution in [-0.4, -0.2) is 50.8 Å². The first-order valence-corrected chi connectivity index (χ1v) is 11.7. The van der Waals surface area contributed by atoms with Crippen LogP contribution in [0.1, 0.15) is 34.7 Å². The highest BCUT2D eigenvalue weighted by atomic mass is 16.5. The zero-order chi connectivity index (χ0) is 24.1. The van der Waals surface area contributed by atoms with E-state index < -0.39 is 5.63 Å². The molecule has 7 nitrogen and oxygen atoms in total. The Balaban J connectivity index is 1.43.